The van der Waals surface area contributed by atoms with Gasteiger partial charge in [0.25, 0.3) is 0 Å². The Morgan fingerprint density at radius 3 is 1.94 bits per heavy atom. The standard InChI is InChI=1S/C10H23NO.C2H7N.BrH/c1-4-5-6-7-8-10(9-12)11(2)3;1-3-2;/h10,12H,4-9H2,1-3H3;3H,1-2H3;1H. The molecule has 0 spiro atoms. The monoisotopic (exact) mass is 298 g/mol. The van der Waals surface area contributed by atoms with Crippen molar-refractivity contribution in [3.63, 3.8) is 0 Å². The summed E-state index contributed by atoms with van der Waals surface area (Å²) in [6.45, 7) is 2.51. The highest BCUT2D eigenvalue weighted by atomic mass is 79.9. The normalized spacial score (nSPS) is 11.4. The molecule has 0 bridgehead atoms. The molecule has 0 aromatic heterocycles. The zero-order valence-corrected chi connectivity index (χ0v) is 13.3. The summed E-state index contributed by atoms with van der Waals surface area (Å²) >= 11 is 0. The topological polar surface area (TPSA) is 35.5 Å². The summed E-state index contributed by atoms with van der Waals surface area (Å²) in [6, 6.07) is 0.363. The van der Waals surface area contributed by atoms with Crippen LogP contribution >= 0.6 is 17.0 Å². The minimum atomic E-state index is 0. The third-order valence-corrected chi connectivity index (χ3v) is 2.33. The van der Waals surface area contributed by atoms with Crippen molar-refractivity contribution in [1.29, 1.82) is 0 Å². The number of hydrogen-bond donors (Lipinski definition) is 2. The molecule has 3 nitrogen and oxygen atoms in total. The number of nitrogens with one attached hydrogen (secondary N) is 1. The molecule has 1 atom stereocenters. The van der Waals surface area contributed by atoms with E-state index in [0.29, 0.717) is 12.6 Å². The van der Waals surface area contributed by atoms with Gasteiger partial charge in [-0.05, 0) is 34.6 Å². The van der Waals surface area contributed by atoms with Crippen molar-refractivity contribution in [2.24, 2.45) is 0 Å². The average Bonchev–Trinajstić information content (AvgIpc) is 2.18. The van der Waals surface area contributed by atoms with Crippen LogP contribution < -0.4 is 5.32 Å². The van der Waals surface area contributed by atoms with Crippen LogP contribution in [0.25, 0.3) is 0 Å². The van der Waals surface area contributed by atoms with Gasteiger partial charge in [0, 0.05) is 6.04 Å². The zero-order chi connectivity index (χ0) is 12.1. The van der Waals surface area contributed by atoms with Gasteiger partial charge in [-0.25, -0.2) is 0 Å². The molecule has 0 heterocycles. The minimum absolute atomic E-state index is 0. The molecule has 0 fully saturated rings. The van der Waals surface area contributed by atoms with Gasteiger partial charge in [0.05, 0.1) is 6.61 Å². The Morgan fingerprint density at radius 2 is 1.62 bits per heavy atom. The molecule has 0 radical (unpaired) electrons. The molecular formula is C12H31BrN2O. The Kier molecular flexibility index (Phi) is 24.0. The predicted molar refractivity (Wildman–Crippen MR) is 78.6 cm³/mol. The highest BCUT2D eigenvalue weighted by molar-refractivity contribution is 8.93. The lowest BCUT2D eigenvalue weighted by atomic mass is 10.1. The van der Waals surface area contributed by atoms with Crippen molar-refractivity contribution in [2.45, 2.75) is 45.1 Å². The van der Waals surface area contributed by atoms with Crippen LogP contribution in [-0.4, -0.2) is 50.8 Å². The third kappa shape index (κ3) is 16.8. The van der Waals surface area contributed by atoms with Crippen molar-refractivity contribution < 1.29 is 5.11 Å². The predicted octanol–water partition coefficient (Wildman–Crippen LogP) is 2.29. The quantitative estimate of drug-likeness (QED) is 0.708. The van der Waals surface area contributed by atoms with E-state index in [4.69, 9.17) is 5.11 Å². The molecule has 0 aliphatic carbocycles. The molecule has 102 valence electrons. The number of rotatable bonds is 7. The molecule has 0 saturated heterocycles. The molecule has 0 aliphatic heterocycles. The molecule has 0 aromatic carbocycles. The summed E-state index contributed by atoms with van der Waals surface area (Å²) in [4.78, 5) is 2.10. The van der Waals surface area contributed by atoms with Crippen molar-refractivity contribution in [1.82, 2.24) is 10.2 Å². The highest BCUT2D eigenvalue weighted by Crippen LogP contribution is 2.07. The van der Waals surface area contributed by atoms with E-state index in [9.17, 15) is 0 Å². The van der Waals surface area contributed by atoms with Crippen molar-refractivity contribution in [3.05, 3.63) is 0 Å². The van der Waals surface area contributed by atoms with E-state index in [-0.39, 0.29) is 17.0 Å². The van der Waals surface area contributed by atoms with Gasteiger partial charge in [-0.3, -0.25) is 0 Å². The summed E-state index contributed by atoms with van der Waals surface area (Å²) in [5, 5.41) is 11.8. The smallest absolute Gasteiger partial charge is 0.0586 e. The maximum absolute atomic E-state index is 9.01. The van der Waals surface area contributed by atoms with Gasteiger partial charge in [-0.1, -0.05) is 32.6 Å². The second-order valence-corrected chi connectivity index (χ2v) is 4.15. The number of aliphatic hydroxyl groups is 1. The highest BCUT2D eigenvalue weighted by Gasteiger charge is 2.08. The Hall–Kier alpha value is 0.360. The van der Waals surface area contributed by atoms with E-state index in [1.165, 1.54) is 25.7 Å². The van der Waals surface area contributed by atoms with Crippen molar-refractivity contribution in [2.75, 3.05) is 34.8 Å². The lowest BCUT2D eigenvalue weighted by Gasteiger charge is -2.21. The maximum atomic E-state index is 9.01. The van der Waals surface area contributed by atoms with Crippen molar-refractivity contribution in [3.8, 4) is 0 Å². The number of hydrogen-bond acceptors (Lipinski definition) is 3. The van der Waals surface area contributed by atoms with Gasteiger partial charge in [-0.2, -0.15) is 0 Å². The first-order valence-electron chi connectivity index (χ1n) is 5.99. The lowest BCUT2D eigenvalue weighted by Crippen LogP contribution is -2.31. The van der Waals surface area contributed by atoms with Gasteiger partial charge in [-0.15, -0.1) is 17.0 Å². The van der Waals surface area contributed by atoms with Gasteiger partial charge < -0.3 is 15.3 Å². The molecule has 4 heteroatoms. The van der Waals surface area contributed by atoms with Gasteiger partial charge in [0.15, 0.2) is 0 Å². The molecule has 1 unspecified atom stereocenters. The minimum Gasteiger partial charge on any atom is -0.395 e. The first-order valence-corrected chi connectivity index (χ1v) is 5.99. The summed E-state index contributed by atoms with van der Waals surface area (Å²) in [7, 11) is 7.81. The summed E-state index contributed by atoms with van der Waals surface area (Å²) < 4.78 is 0. The first kappa shape index (κ1) is 21.6. The summed E-state index contributed by atoms with van der Waals surface area (Å²) in [5.74, 6) is 0. The second-order valence-electron chi connectivity index (χ2n) is 4.15. The number of unbranched alkanes of at least 4 members (excludes halogenated alkanes) is 3. The van der Waals surface area contributed by atoms with Crippen molar-refractivity contribution >= 4 is 17.0 Å². The molecular weight excluding hydrogens is 268 g/mol. The summed E-state index contributed by atoms with van der Waals surface area (Å²) in [5.41, 5.74) is 0. The van der Waals surface area contributed by atoms with Gasteiger partial charge >= 0.3 is 0 Å². The van der Waals surface area contributed by atoms with E-state index >= 15 is 0 Å². The Bertz CT molecular complexity index is 113. The van der Waals surface area contributed by atoms with Crippen LogP contribution in [0.2, 0.25) is 0 Å². The molecule has 0 aliphatic rings. The van der Waals surface area contributed by atoms with Crippen LogP contribution in [0, 0.1) is 0 Å². The summed E-state index contributed by atoms with van der Waals surface area (Å²) in [6.07, 6.45) is 6.29. The Morgan fingerprint density at radius 1 is 1.12 bits per heavy atom. The Labute approximate surface area is 112 Å². The number of halogens is 1. The molecule has 16 heavy (non-hydrogen) atoms. The molecule has 0 rings (SSSR count). The van der Waals surface area contributed by atoms with Crippen LogP contribution in [0.3, 0.4) is 0 Å². The second kappa shape index (κ2) is 17.7. The fourth-order valence-corrected chi connectivity index (χ4v) is 1.32. The van der Waals surface area contributed by atoms with Gasteiger partial charge in [0.1, 0.15) is 0 Å². The van der Waals surface area contributed by atoms with E-state index in [1.54, 1.807) is 0 Å². The van der Waals surface area contributed by atoms with Crippen LogP contribution in [0.15, 0.2) is 0 Å². The first-order chi connectivity index (χ1) is 7.13. The van der Waals surface area contributed by atoms with E-state index in [1.807, 2.05) is 28.2 Å². The maximum Gasteiger partial charge on any atom is 0.0586 e. The van der Waals surface area contributed by atoms with Crippen LogP contribution in [-0.2, 0) is 0 Å². The largest absolute Gasteiger partial charge is 0.395 e. The SMILES string of the molecule is Br.CCCCCCC(CO)N(C)C.CNC. The molecule has 2 N–H and O–H groups in total. The van der Waals surface area contributed by atoms with E-state index in [0.717, 1.165) is 6.42 Å². The van der Waals surface area contributed by atoms with Crippen LogP contribution in [0.5, 0.6) is 0 Å². The molecule has 0 amide bonds. The van der Waals surface area contributed by atoms with E-state index in [2.05, 4.69) is 17.1 Å². The Balaban J connectivity index is -0.000000377. The average molecular weight is 299 g/mol. The fraction of sp³-hybridized carbons (Fsp3) is 1.00. The lowest BCUT2D eigenvalue weighted by molar-refractivity contribution is 0.159. The van der Waals surface area contributed by atoms with Crippen LogP contribution in [0.1, 0.15) is 39.0 Å². The van der Waals surface area contributed by atoms with Crippen LogP contribution in [0.4, 0.5) is 0 Å². The number of aliphatic hydroxyl groups excluding tert-OH is 1. The fourth-order valence-electron chi connectivity index (χ4n) is 1.32. The zero-order valence-electron chi connectivity index (χ0n) is 11.6. The number of likely N-dealkylation sites (N-methyl/N-ethyl adjacent to an activating group) is 1. The van der Waals surface area contributed by atoms with E-state index < -0.39 is 0 Å². The van der Waals surface area contributed by atoms with Gasteiger partial charge in [0.2, 0.25) is 0 Å². The molecule has 0 aromatic rings. The molecule has 0 saturated carbocycles. The third-order valence-electron chi connectivity index (χ3n) is 2.33. The number of nitrogens with zero attached hydrogens (tertiary/aromatic N) is 1.